The normalized spacial score (nSPS) is 16.9. The molecule has 2 N–H and O–H groups in total. The lowest BCUT2D eigenvalue weighted by molar-refractivity contribution is -0.384. The third kappa shape index (κ3) is 3.58. The summed E-state index contributed by atoms with van der Waals surface area (Å²) in [6.45, 7) is 3.76. The molecular weight excluding hydrogens is 326 g/mol. The van der Waals surface area contributed by atoms with Crippen LogP contribution in [0.1, 0.15) is 31.9 Å². The van der Waals surface area contributed by atoms with Crippen molar-refractivity contribution in [2.24, 2.45) is 0 Å². The summed E-state index contributed by atoms with van der Waals surface area (Å²) < 4.78 is 0. The zero-order valence-corrected chi connectivity index (χ0v) is 13.8. The van der Waals surface area contributed by atoms with Crippen molar-refractivity contribution in [3.05, 3.63) is 51.2 Å². The van der Waals surface area contributed by atoms with Crippen molar-refractivity contribution in [2.45, 2.75) is 26.3 Å². The van der Waals surface area contributed by atoms with Crippen LogP contribution in [0.2, 0.25) is 0 Å². The number of hydrogen-bond acceptors (Lipinski definition) is 5. The van der Waals surface area contributed by atoms with Crippen molar-refractivity contribution in [2.75, 3.05) is 6.54 Å². The molecule has 1 heterocycles. The van der Waals surface area contributed by atoms with E-state index in [9.17, 15) is 25.0 Å². The first-order chi connectivity index (χ1) is 11.9. The topological polar surface area (TPSA) is 128 Å². The van der Waals surface area contributed by atoms with Crippen LogP contribution in [0.4, 0.5) is 15.3 Å². The smallest absolute Gasteiger partial charge is 0.330 e. The number of amides is 4. The van der Waals surface area contributed by atoms with E-state index in [1.807, 2.05) is 13.0 Å². The summed E-state index contributed by atoms with van der Waals surface area (Å²) in [5.41, 5.74) is 0.578. The first-order valence-electron chi connectivity index (χ1n) is 7.64. The lowest BCUT2D eigenvalue weighted by Crippen LogP contribution is -2.53. The van der Waals surface area contributed by atoms with Crippen LogP contribution in [-0.2, 0) is 0 Å². The van der Waals surface area contributed by atoms with E-state index in [1.165, 1.54) is 18.2 Å². The fourth-order valence-electron chi connectivity index (χ4n) is 2.54. The molecule has 1 aliphatic rings. The predicted octanol–water partition coefficient (Wildman–Crippen LogP) is 2.58. The number of nitrogens with one attached hydrogen (secondary N) is 2. The molecule has 0 fully saturated rings. The molecule has 25 heavy (non-hydrogen) atoms. The van der Waals surface area contributed by atoms with E-state index in [2.05, 4.69) is 10.6 Å². The number of allylic oxidation sites excluding steroid dienone is 1. The predicted molar refractivity (Wildman–Crippen MR) is 88.2 cm³/mol. The van der Waals surface area contributed by atoms with E-state index in [0.717, 1.165) is 4.90 Å². The minimum Gasteiger partial charge on any atom is -0.338 e. The van der Waals surface area contributed by atoms with E-state index in [-0.39, 0.29) is 11.3 Å². The number of carbonyl (C=O) groups is 2. The number of nitrogens with zero attached hydrogens (tertiary/aromatic N) is 3. The Labute approximate surface area is 144 Å². The lowest BCUT2D eigenvalue weighted by Gasteiger charge is -2.34. The molecule has 1 aromatic carbocycles. The summed E-state index contributed by atoms with van der Waals surface area (Å²) in [5.74, 6) is 0. The standard InChI is InChI=1S/C16H17N5O4/c1-3-7-18-15(22)20-14(13(9-17)10(2)19-16(20)23)11-5-4-6-12(8-11)21(24)25/h4-6,8,14H,3,7H2,1-2H3,(H,18,22)(H,19,23). The molecule has 0 radical (unpaired) electrons. The van der Waals surface area contributed by atoms with Crippen molar-refractivity contribution in [1.82, 2.24) is 15.5 Å². The van der Waals surface area contributed by atoms with Crippen LogP contribution in [0.3, 0.4) is 0 Å². The molecule has 1 aromatic rings. The maximum atomic E-state index is 12.4. The number of imide groups is 1. The summed E-state index contributed by atoms with van der Waals surface area (Å²) in [7, 11) is 0. The molecule has 4 amide bonds. The molecule has 130 valence electrons. The summed E-state index contributed by atoms with van der Waals surface area (Å²) >= 11 is 0. The highest BCUT2D eigenvalue weighted by molar-refractivity contribution is 5.96. The number of non-ortho nitro benzene ring substituents is 1. The van der Waals surface area contributed by atoms with Gasteiger partial charge in [-0.15, -0.1) is 0 Å². The number of nitro groups is 1. The second-order valence-corrected chi connectivity index (χ2v) is 5.44. The van der Waals surface area contributed by atoms with Gasteiger partial charge < -0.3 is 10.6 Å². The quantitative estimate of drug-likeness (QED) is 0.641. The van der Waals surface area contributed by atoms with Gasteiger partial charge in [-0.05, 0) is 18.9 Å². The number of urea groups is 2. The Hall–Kier alpha value is -3.41. The number of nitro benzene ring substituents is 1. The number of carbonyl (C=O) groups excluding carboxylic acids is 2. The monoisotopic (exact) mass is 343 g/mol. The third-order valence-corrected chi connectivity index (χ3v) is 3.71. The first-order valence-corrected chi connectivity index (χ1v) is 7.64. The minimum atomic E-state index is -1.03. The van der Waals surface area contributed by atoms with E-state index in [1.54, 1.807) is 13.0 Å². The highest BCUT2D eigenvalue weighted by atomic mass is 16.6. The number of benzene rings is 1. The van der Waals surface area contributed by atoms with Crippen LogP contribution in [0.15, 0.2) is 35.5 Å². The molecule has 0 aliphatic carbocycles. The van der Waals surface area contributed by atoms with Crippen LogP contribution in [0.5, 0.6) is 0 Å². The van der Waals surface area contributed by atoms with Crippen molar-refractivity contribution in [3.8, 4) is 6.07 Å². The van der Waals surface area contributed by atoms with Gasteiger partial charge in [-0.3, -0.25) is 10.1 Å². The van der Waals surface area contributed by atoms with Crippen LogP contribution in [0, 0.1) is 21.4 Å². The second kappa shape index (κ2) is 7.44. The van der Waals surface area contributed by atoms with Crippen molar-refractivity contribution in [1.29, 1.82) is 5.26 Å². The van der Waals surface area contributed by atoms with Crippen LogP contribution < -0.4 is 10.6 Å². The molecule has 2 rings (SSSR count). The Bertz CT molecular complexity index is 796. The van der Waals surface area contributed by atoms with Crippen molar-refractivity contribution in [3.63, 3.8) is 0 Å². The third-order valence-electron chi connectivity index (χ3n) is 3.71. The Morgan fingerprint density at radius 2 is 2.24 bits per heavy atom. The van der Waals surface area contributed by atoms with Crippen molar-refractivity contribution < 1.29 is 14.5 Å². The van der Waals surface area contributed by atoms with Gasteiger partial charge >= 0.3 is 12.1 Å². The zero-order valence-electron chi connectivity index (χ0n) is 13.8. The Morgan fingerprint density at radius 1 is 1.52 bits per heavy atom. The van der Waals surface area contributed by atoms with Crippen LogP contribution in [0.25, 0.3) is 0 Å². The number of hydrogen-bond donors (Lipinski definition) is 2. The lowest BCUT2D eigenvalue weighted by atomic mass is 9.94. The van der Waals surface area contributed by atoms with Crippen molar-refractivity contribution >= 4 is 17.7 Å². The van der Waals surface area contributed by atoms with Gasteiger partial charge in [0.2, 0.25) is 0 Å². The summed E-state index contributed by atoms with van der Waals surface area (Å²) in [6.07, 6.45) is 0.669. The highest BCUT2D eigenvalue weighted by Gasteiger charge is 2.39. The van der Waals surface area contributed by atoms with Gasteiger partial charge in [0.1, 0.15) is 6.04 Å². The summed E-state index contributed by atoms with van der Waals surface area (Å²) in [6, 6.07) is 5.14. The molecule has 0 spiro atoms. The number of rotatable bonds is 4. The summed E-state index contributed by atoms with van der Waals surface area (Å²) in [5, 5.41) is 25.6. The van der Waals surface area contributed by atoms with Crippen LogP contribution >= 0.6 is 0 Å². The Kier molecular flexibility index (Phi) is 5.34. The van der Waals surface area contributed by atoms with Gasteiger partial charge in [0.15, 0.2) is 0 Å². The summed E-state index contributed by atoms with van der Waals surface area (Å²) in [4.78, 5) is 36.1. The van der Waals surface area contributed by atoms with Gasteiger partial charge in [-0.2, -0.15) is 5.26 Å². The van der Waals surface area contributed by atoms with E-state index < -0.39 is 23.0 Å². The molecule has 1 unspecified atom stereocenters. The molecular formula is C16H17N5O4. The zero-order chi connectivity index (χ0) is 18.6. The largest absolute Gasteiger partial charge is 0.338 e. The Balaban J connectivity index is 2.56. The molecule has 0 saturated carbocycles. The maximum Gasteiger partial charge on any atom is 0.330 e. The highest BCUT2D eigenvalue weighted by Crippen LogP contribution is 2.34. The van der Waals surface area contributed by atoms with Gasteiger partial charge in [-0.25, -0.2) is 14.5 Å². The van der Waals surface area contributed by atoms with Gasteiger partial charge in [0, 0.05) is 24.4 Å². The molecule has 0 aromatic heterocycles. The minimum absolute atomic E-state index is 0.145. The SMILES string of the molecule is CCCNC(=O)N1C(=O)NC(C)=C(C#N)C1c1cccc([N+](=O)[O-])c1. The fraction of sp³-hybridized carbons (Fsp3) is 0.312. The fourth-order valence-corrected chi connectivity index (χ4v) is 2.54. The Morgan fingerprint density at radius 3 is 2.84 bits per heavy atom. The average Bonchev–Trinajstić information content (AvgIpc) is 2.59. The molecule has 1 aliphatic heterocycles. The molecule has 0 bridgehead atoms. The van der Waals surface area contributed by atoms with Crippen LogP contribution in [-0.4, -0.2) is 28.4 Å². The van der Waals surface area contributed by atoms with E-state index in [4.69, 9.17) is 0 Å². The van der Waals surface area contributed by atoms with Gasteiger partial charge in [-0.1, -0.05) is 19.1 Å². The van der Waals surface area contributed by atoms with E-state index in [0.29, 0.717) is 24.2 Å². The second-order valence-electron chi connectivity index (χ2n) is 5.44. The molecule has 9 nitrogen and oxygen atoms in total. The first kappa shape index (κ1) is 17.9. The van der Waals surface area contributed by atoms with Gasteiger partial charge in [0.25, 0.3) is 5.69 Å². The average molecular weight is 343 g/mol. The number of nitriles is 1. The molecule has 1 atom stereocenters. The molecule has 9 heteroatoms. The van der Waals surface area contributed by atoms with Gasteiger partial charge in [0.05, 0.1) is 16.6 Å². The maximum absolute atomic E-state index is 12.4. The van der Waals surface area contributed by atoms with E-state index >= 15 is 0 Å². The molecule has 0 saturated heterocycles.